The van der Waals surface area contributed by atoms with Gasteiger partial charge in [-0.05, 0) is 36.3 Å². The molecule has 0 spiro atoms. The number of amides is 6. The van der Waals surface area contributed by atoms with E-state index in [1.54, 1.807) is 11.8 Å². The Morgan fingerprint density at radius 2 is 1.37 bits per heavy atom. The van der Waals surface area contributed by atoms with Gasteiger partial charge in [-0.25, -0.2) is 0 Å². The fourth-order valence-corrected chi connectivity index (χ4v) is 6.91. The van der Waals surface area contributed by atoms with Gasteiger partial charge in [-0.3, -0.25) is 48.2 Å². The Hall–Kier alpha value is -3.35. The first-order chi connectivity index (χ1) is 24.1. The van der Waals surface area contributed by atoms with Crippen molar-refractivity contribution in [2.24, 2.45) is 17.3 Å². The van der Waals surface area contributed by atoms with Gasteiger partial charge in [-0.2, -0.15) is 11.8 Å². The predicted octanol–water partition coefficient (Wildman–Crippen LogP) is 4.53. The minimum Gasteiger partial charge on any atom is -0.356 e. The third-order valence-electron chi connectivity index (χ3n) is 9.28. The van der Waals surface area contributed by atoms with Gasteiger partial charge in [0.1, 0.15) is 11.6 Å². The summed E-state index contributed by atoms with van der Waals surface area (Å²) in [5.74, 6) is -1.90. The Labute approximate surface area is 308 Å². The SMILES string of the molecule is CC(C)SCCC(=O)CCCCCCCNC(=O)[C@H](CCCCNC(=O)CCN1C(=O)C=CC1=O)CC(=O)CCN1C(=O)CC(C(C)(C)C)C1=O. The number of carbonyl (C=O) groups excluding carboxylic acids is 8. The summed E-state index contributed by atoms with van der Waals surface area (Å²) in [6.45, 7) is 10.8. The van der Waals surface area contributed by atoms with Crippen LogP contribution in [-0.4, -0.2) is 94.0 Å². The third-order valence-corrected chi connectivity index (χ3v) is 10.4. The molecule has 6 amide bonds. The molecule has 2 N–H and O–H groups in total. The minimum atomic E-state index is -0.583. The molecule has 51 heavy (non-hydrogen) atoms. The lowest BCUT2D eigenvalue weighted by Gasteiger charge is -2.24. The van der Waals surface area contributed by atoms with Crippen LogP contribution in [0, 0.1) is 17.3 Å². The topological polar surface area (TPSA) is 167 Å². The molecule has 0 radical (unpaired) electrons. The van der Waals surface area contributed by atoms with Gasteiger partial charge in [0.15, 0.2) is 0 Å². The van der Waals surface area contributed by atoms with E-state index in [9.17, 15) is 38.4 Å². The van der Waals surface area contributed by atoms with E-state index in [0.29, 0.717) is 56.2 Å². The van der Waals surface area contributed by atoms with Gasteiger partial charge in [0, 0.05) is 88.5 Å². The monoisotopic (exact) mass is 732 g/mol. The molecule has 0 saturated carbocycles. The van der Waals surface area contributed by atoms with Crippen LogP contribution in [0.3, 0.4) is 0 Å². The summed E-state index contributed by atoms with van der Waals surface area (Å²) in [5, 5.41) is 6.28. The van der Waals surface area contributed by atoms with Crippen molar-refractivity contribution in [1.29, 1.82) is 0 Å². The van der Waals surface area contributed by atoms with Gasteiger partial charge < -0.3 is 10.6 Å². The summed E-state index contributed by atoms with van der Waals surface area (Å²) < 4.78 is 0. The van der Waals surface area contributed by atoms with E-state index >= 15 is 0 Å². The molecular formula is C38H60N4O8S. The van der Waals surface area contributed by atoms with Crippen molar-refractivity contribution in [2.45, 2.75) is 130 Å². The van der Waals surface area contributed by atoms with E-state index in [1.807, 2.05) is 20.8 Å². The Bertz CT molecular complexity index is 1260. The molecule has 2 aliphatic rings. The number of nitrogens with zero attached hydrogens (tertiary/aromatic N) is 2. The lowest BCUT2D eigenvalue weighted by Crippen LogP contribution is -2.36. The fourth-order valence-electron chi connectivity index (χ4n) is 6.10. The van der Waals surface area contributed by atoms with Gasteiger partial charge in [-0.15, -0.1) is 0 Å². The van der Waals surface area contributed by atoms with E-state index in [-0.39, 0.29) is 73.6 Å². The number of Topliss-reactive ketones (excluding diaryl/α,β-unsaturated/α-hetero) is 2. The molecular weight excluding hydrogens is 673 g/mol. The molecule has 2 heterocycles. The Morgan fingerprint density at radius 3 is 2.02 bits per heavy atom. The molecule has 1 fully saturated rings. The van der Waals surface area contributed by atoms with Crippen LogP contribution in [0.1, 0.15) is 125 Å². The maximum atomic E-state index is 13.2. The molecule has 2 aliphatic heterocycles. The number of unbranched alkanes of at least 4 members (excludes halogenated alkanes) is 5. The van der Waals surface area contributed by atoms with Crippen LogP contribution in [0.15, 0.2) is 12.2 Å². The van der Waals surface area contributed by atoms with E-state index in [0.717, 1.165) is 42.8 Å². The van der Waals surface area contributed by atoms with Crippen LogP contribution < -0.4 is 10.6 Å². The van der Waals surface area contributed by atoms with E-state index in [1.165, 1.54) is 17.1 Å². The Balaban J connectivity index is 1.77. The molecule has 286 valence electrons. The highest BCUT2D eigenvalue weighted by atomic mass is 32.2. The number of imide groups is 2. The smallest absolute Gasteiger partial charge is 0.253 e. The lowest BCUT2D eigenvalue weighted by molar-refractivity contribution is -0.141. The number of rotatable bonds is 26. The van der Waals surface area contributed by atoms with Crippen molar-refractivity contribution in [1.82, 2.24) is 20.4 Å². The van der Waals surface area contributed by atoms with E-state index in [4.69, 9.17) is 0 Å². The van der Waals surface area contributed by atoms with Crippen LogP contribution in [-0.2, 0) is 38.4 Å². The average Bonchev–Trinajstić information content (AvgIpc) is 3.54. The van der Waals surface area contributed by atoms with Crippen molar-refractivity contribution >= 4 is 58.8 Å². The number of nitrogens with one attached hydrogen (secondary N) is 2. The van der Waals surface area contributed by atoms with Crippen LogP contribution in [0.4, 0.5) is 0 Å². The number of likely N-dealkylation sites (tertiary alicyclic amines) is 1. The third kappa shape index (κ3) is 16.7. The highest BCUT2D eigenvalue weighted by molar-refractivity contribution is 7.99. The second-order valence-corrected chi connectivity index (χ2v) is 16.7. The van der Waals surface area contributed by atoms with Gasteiger partial charge >= 0.3 is 0 Å². The Morgan fingerprint density at radius 1 is 0.765 bits per heavy atom. The number of hydrogen-bond acceptors (Lipinski definition) is 9. The maximum Gasteiger partial charge on any atom is 0.253 e. The zero-order chi connectivity index (χ0) is 38.0. The van der Waals surface area contributed by atoms with Crippen LogP contribution in [0.2, 0.25) is 0 Å². The first-order valence-corrected chi connectivity index (χ1v) is 19.7. The summed E-state index contributed by atoms with van der Waals surface area (Å²) in [6, 6.07) is 0. The number of carbonyl (C=O) groups is 8. The quantitative estimate of drug-likeness (QED) is 0.0960. The van der Waals surface area contributed by atoms with Crippen molar-refractivity contribution in [3.8, 4) is 0 Å². The molecule has 0 bridgehead atoms. The van der Waals surface area contributed by atoms with E-state index < -0.39 is 23.7 Å². The summed E-state index contributed by atoms with van der Waals surface area (Å²) in [6.07, 6.45) is 9.80. The van der Waals surface area contributed by atoms with Gasteiger partial charge in [0.25, 0.3) is 11.8 Å². The Kier molecular flexibility index (Phi) is 19.4. The molecule has 2 atom stereocenters. The number of thioether (sulfide) groups is 1. The molecule has 0 aliphatic carbocycles. The minimum absolute atomic E-state index is 0.00386. The van der Waals surface area contributed by atoms with Crippen molar-refractivity contribution in [3.63, 3.8) is 0 Å². The van der Waals surface area contributed by atoms with Crippen molar-refractivity contribution < 1.29 is 38.4 Å². The summed E-state index contributed by atoms with van der Waals surface area (Å²) >= 11 is 1.80. The van der Waals surface area contributed by atoms with Crippen molar-refractivity contribution in [2.75, 3.05) is 31.9 Å². The molecule has 13 heteroatoms. The lowest BCUT2D eigenvalue weighted by atomic mass is 9.80. The maximum absolute atomic E-state index is 13.2. The van der Waals surface area contributed by atoms with Crippen LogP contribution in [0.25, 0.3) is 0 Å². The molecule has 0 aromatic carbocycles. The number of ketones is 2. The van der Waals surface area contributed by atoms with Gasteiger partial charge in [0.05, 0.1) is 5.92 Å². The summed E-state index contributed by atoms with van der Waals surface area (Å²) in [7, 11) is 0. The van der Waals surface area contributed by atoms with Crippen LogP contribution >= 0.6 is 11.8 Å². The second kappa shape index (κ2) is 22.6. The highest BCUT2D eigenvalue weighted by Crippen LogP contribution is 2.35. The number of hydrogen-bond donors (Lipinski definition) is 2. The zero-order valence-electron chi connectivity index (χ0n) is 31.4. The molecule has 0 aromatic rings. The normalized spacial score (nSPS) is 16.8. The summed E-state index contributed by atoms with van der Waals surface area (Å²) in [5.41, 5.74) is -0.358. The first-order valence-electron chi connectivity index (χ1n) is 18.7. The molecule has 0 aromatic heterocycles. The fraction of sp³-hybridized carbons (Fsp3) is 0.737. The van der Waals surface area contributed by atoms with Crippen molar-refractivity contribution in [3.05, 3.63) is 12.2 Å². The molecule has 2 rings (SSSR count). The average molecular weight is 733 g/mol. The van der Waals surface area contributed by atoms with Crippen LogP contribution in [0.5, 0.6) is 0 Å². The second-order valence-electron chi connectivity index (χ2n) is 15.0. The van der Waals surface area contributed by atoms with E-state index in [2.05, 4.69) is 24.5 Å². The van der Waals surface area contributed by atoms with Gasteiger partial charge in [0.2, 0.25) is 23.6 Å². The molecule has 1 unspecified atom stereocenters. The highest BCUT2D eigenvalue weighted by Gasteiger charge is 2.44. The van der Waals surface area contributed by atoms with Gasteiger partial charge in [-0.1, -0.05) is 60.3 Å². The summed E-state index contributed by atoms with van der Waals surface area (Å²) in [4.78, 5) is 101. The molecule has 12 nitrogen and oxygen atoms in total. The molecule has 1 saturated heterocycles. The standard InChI is InChI=1S/C38H60N4O8S/c1-27(2)51-24-19-29(43)14-9-7-6-8-11-21-40-36(49)28(13-10-12-20-39-32(45)18-23-41-33(46)15-16-34(41)47)25-30(44)17-22-42-35(48)26-31(37(42)50)38(3,4)5/h15-16,27-28,31H,6-14,17-26H2,1-5H3,(H,39,45)(H,40,49)/t28-,31?/m1/s1. The predicted molar refractivity (Wildman–Crippen MR) is 197 cm³/mol. The zero-order valence-corrected chi connectivity index (χ0v) is 32.2. The largest absolute Gasteiger partial charge is 0.356 e. The first kappa shape index (κ1) is 43.8.